The molecule has 0 spiro atoms. The maximum atomic E-state index is 6.16. The highest BCUT2D eigenvalue weighted by Crippen LogP contribution is 2.33. The van der Waals surface area contributed by atoms with Crippen molar-refractivity contribution in [3.8, 4) is 0 Å². The van der Waals surface area contributed by atoms with E-state index in [0.29, 0.717) is 6.61 Å². The summed E-state index contributed by atoms with van der Waals surface area (Å²) in [4.78, 5) is 1.09. The molecule has 1 unspecified atom stereocenters. The van der Waals surface area contributed by atoms with Gasteiger partial charge in [0.05, 0.1) is 9.83 Å². The first-order valence-electron chi connectivity index (χ1n) is 5.20. The van der Waals surface area contributed by atoms with E-state index < -0.39 is 0 Å². The maximum Gasteiger partial charge on any atom is 0.129 e. The molecule has 92 valence electrons. The van der Waals surface area contributed by atoms with Crippen LogP contribution in [0.3, 0.4) is 0 Å². The Kier molecular flexibility index (Phi) is 4.04. The summed E-state index contributed by atoms with van der Waals surface area (Å²) in [5.41, 5.74) is 7.36. The maximum absolute atomic E-state index is 6.16. The SMILES string of the molecule is COCc1ccc(C(N)c2cc(C)c(Br)s2)o1. The second-order valence-corrected chi connectivity index (χ2v) is 6.22. The summed E-state index contributed by atoms with van der Waals surface area (Å²) in [5.74, 6) is 1.57. The van der Waals surface area contributed by atoms with E-state index in [-0.39, 0.29) is 6.04 Å². The van der Waals surface area contributed by atoms with Crippen LogP contribution in [0.2, 0.25) is 0 Å². The van der Waals surface area contributed by atoms with E-state index in [1.54, 1.807) is 18.4 Å². The number of halogens is 1. The van der Waals surface area contributed by atoms with Crippen LogP contribution in [0.15, 0.2) is 26.4 Å². The van der Waals surface area contributed by atoms with Crippen LogP contribution >= 0.6 is 27.3 Å². The summed E-state index contributed by atoms with van der Waals surface area (Å²) in [6.45, 7) is 2.52. The lowest BCUT2D eigenvalue weighted by Crippen LogP contribution is -2.08. The lowest BCUT2D eigenvalue weighted by Gasteiger charge is -2.05. The van der Waals surface area contributed by atoms with Crippen LogP contribution < -0.4 is 5.73 Å². The minimum Gasteiger partial charge on any atom is -0.462 e. The van der Waals surface area contributed by atoms with E-state index in [2.05, 4.69) is 28.9 Å². The Morgan fingerprint density at radius 2 is 2.29 bits per heavy atom. The van der Waals surface area contributed by atoms with Gasteiger partial charge in [-0.2, -0.15) is 0 Å². The Hall–Kier alpha value is -0.620. The highest BCUT2D eigenvalue weighted by Gasteiger charge is 2.16. The largest absolute Gasteiger partial charge is 0.462 e. The van der Waals surface area contributed by atoms with Crippen molar-refractivity contribution in [1.82, 2.24) is 0 Å². The van der Waals surface area contributed by atoms with Crippen molar-refractivity contribution in [1.29, 1.82) is 0 Å². The van der Waals surface area contributed by atoms with Gasteiger partial charge in [0.15, 0.2) is 0 Å². The molecule has 0 fully saturated rings. The number of hydrogen-bond acceptors (Lipinski definition) is 4. The van der Waals surface area contributed by atoms with Crippen LogP contribution in [0, 0.1) is 6.92 Å². The molecule has 2 N–H and O–H groups in total. The number of rotatable bonds is 4. The van der Waals surface area contributed by atoms with Crippen LogP contribution in [0.1, 0.15) is 28.0 Å². The van der Waals surface area contributed by atoms with Gasteiger partial charge in [0, 0.05) is 12.0 Å². The van der Waals surface area contributed by atoms with Gasteiger partial charge in [-0.15, -0.1) is 11.3 Å². The molecule has 0 aliphatic rings. The molecular weight excluding hydrogens is 302 g/mol. The molecule has 0 aliphatic heterocycles. The third-order valence-electron chi connectivity index (χ3n) is 2.46. The fraction of sp³-hybridized carbons (Fsp3) is 0.333. The Bertz CT molecular complexity index is 487. The number of methoxy groups -OCH3 is 1. The summed E-state index contributed by atoms with van der Waals surface area (Å²) in [6.07, 6.45) is 0. The molecule has 2 heterocycles. The monoisotopic (exact) mass is 315 g/mol. The first kappa shape index (κ1) is 12.8. The number of nitrogens with two attached hydrogens (primary N) is 1. The molecule has 0 saturated heterocycles. The number of hydrogen-bond donors (Lipinski definition) is 1. The standard InChI is InChI=1S/C12H14BrNO2S/c1-7-5-10(17-12(7)13)11(14)9-4-3-8(16-9)6-15-2/h3-5,11H,6,14H2,1-2H3. The molecular formula is C12H14BrNO2S. The van der Waals surface area contributed by atoms with Gasteiger partial charge in [0.25, 0.3) is 0 Å². The van der Waals surface area contributed by atoms with E-state index >= 15 is 0 Å². The normalized spacial score (nSPS) is 12.9. The van der Waals surface area contributed by atoms with E-state index in [1.165, 1.54) is 5.56 Å². The lowest BCUT2D eigenvalue weighted by atomic mass is 10.2. The van der Waals surface area contributed by atoms with Gasteiger partial charge in [0.1, 0.15) is 18.1 Å². The van der Waals surface area contributed by atoms with Gasteiger partial charge in [-0.05, 0) is 46.6 Å². The average Bonchev–Trinajstić information content (AvgIpc) is 2.87. The molecule has 2 aromatic rings. The Labute approximate surface area is 113 Å². The zero-order valence-corrected chi connectivity index (χ0v) is 12.1. The van der Waals surface area contributed by atoms with E-state index in [1.807, 2.05) is 12.1 Å². The second-order valence-electron chi connectivity index (χ2n) is 3.82. The van der Waals surface area contributed by atoms with Crippen molar-refractivity contribution in [2.45, 2.75) is 19.6 Å². The molecule has 0 bridgehead atoms. The third kappa shape index (κ3) is 2.80. The van der Waals surface area contributed by atoms with Gasteiger partial charge in [-0.25, -0.2) is 0 Å². The number of thiophene rings is 1. The number of furan rings is 1. The van der Waals surface area contributed by atoms with E-state index in [0.717, 1.165) is 20.2 Å². The predicted molar refractivity (Wildman–Crippen MR) is 72.2 cm³/mol. The molecule has 2 rings (SSSR count). The van der Waals surface area contributed by atoms with Gasteiger partial charge in [-0.1, -0.05) is 0 Å². The molecule has 2 aromatic heterocycles. The van der Waals surface area contributed by atoms with Gasteiger partial charge in [-0.3, -0.25) is 0 Å². The summed E-state index contributed by atoms with van der Waals surface area (Å²) < 4.78 is 11.8. The van der Waals surface area contributed by atoms with Crippen molar-refractivity contribution in [3.63, 3.8) is 0 Å². The quantitative estimate of drug-likeness (QED) is 0.937. The predicted octanol–water partition coefficient (Wildman–Crippen LogP) is 3.61. The summed E-state index contributed by atoms with van der Waals surface area (Å²) in [7, 11) is 1.64. The van der Waals surface area contributed by atoms with Crippen LogP contribution in [0.5, 0.6) is 0 Å². The zero-order valence-electron chi connectivity index (χ0n) is 9.70. The molecule has 5 heteroatoms. The number of aryl methyl sites for hydroxylation is 1. The minimum atomic E-state index is -0.212. The third-order valence-corrected chi connectivity index (χ3v) is 4.68. The van der Waals surface area contributed by atoms with E-state index in [9.17, 15) is 0 Å². The summed E-state index contributed by atoms with van der Waals surface area (Å²) in [5, 5.41) is 0. The van der Waals surface area contributed by atoms with Crippen LogP contribution in [-0.2, 0) is 11.3 Å². The Balaban J connectivity index is 2.20. The molecule has 0 aromatic carbocycles. The topological polar surface area (TPSA) is 48.4 Å². The van der Waals surface area contributed by atoms with Gasteiger partial charge < -0.3 is 14.9 Å². The average molecular weight is 316 g/mol. The summed E-state index contributed by atoms with van der Waals surface area (Å²) >= 11 is 5.14. The van der Waals surface area contributed by atoms with Crippen LogP contribution in [0.4, 0.5) is 0 Å². The molecule has 0 radical (unpaired) electrons. The molecule has 0 amide bonds. The first-order chi connectivity index (χ1) is 8.11. The fourth-order valence-electron chi connectivity index (χ4n) is 1.56. The second kappa shape index (κ2) is 5.35. The van der Waals surface area contributed by atoms with Gasteiger partial charge in [0.2, 0.25) is 0 Å². The smallest absolute Gasteiger partial charge is 0.129 e. The summed E-state index contributed by atoms with van der Waals surface area (Å²) in [6, 6.07) is 5.67. The molecule has 3 nitrogen and oxygen atoms in total. The van der Waals surface area contributed by atoms with Crippen molar-refractivity contribution < 1.29 is 9.15 Å². The minimum absolute atomic E-state index is 0.212. The molecule has 17 heavy (non-hydrogen) atoms. The molecule has 0 saturated carbocycles. The first-order valence-corrected chi connectivity index (χ1v) is 6.81. The van der Waals surface area contributed by atoms with Crippen molar-refractivity contribution in [2.75, 3.05) is 7.11 Å². The van der Waals surface area contributed by atoms with Crippen molar-refractivity contribution in [3.05, 3.63) is 43.9 Å². The Morgan fingerprint density at radius 3 is 2.88 bits per heavy atom. The lowest BCUT2D eigenvalue weighted by molar-refractivity contribution is 0.162. The molecule has 1 atom stereocenters. The number of ether oxygens (including phenoxy) is 1. The highest BCUT2D eigenvalue weighted by atomic mass is 79.9. The van der Waals surface area contributed by atoms with E-state index in [4.69, 9.17) is 14.9 Å². The van der Waals surface area contributed by atoms with Crippen LogP contribution in [-0.4, -0.2) is 7.11 Å². The zero-order chi connectivity index (χ0) is 12.4. The molecule has 0 aliphatic carbocycles. The van der Waals surface area contributed by atoms with Gasteiger partial charge >= 0.3 is 0 Å². The van der Waals surface area contributed by atoms with Crippen LogP contribution in [0.25, 0.3) is 0 Å². The highest BCUT2D eigenvalue weighted by molar-refractivity contribution is 9.11. The Morgan fingerprint density at radius 1 is 1.53 bits per heavy atom. The van der Waals surface area contributed by atoms with Crippen molar-refractivity contribution >= 4 is 27.3 Å². The fourth-order valence-corrected chi connectivity index (χ4v) is 3.14. The van der Waals surface area contributed by atoms with Crippen molar-refractivity contribution in [2.24, 2.45) is 5.73 Å².